The molecule has 1 aromatic carbocycles. The molecule has 0 saturated carbocycles. The van der Waals surface area contributed by atoms with Crippen molar-refractivity contribution in [3.8, 4) is 0 Å². The topological polar surface area (TPSA) is 63.6 Å². The van der Waals surface area contributed by atoms with Crippen LogP contribution in [0, 0.1) is 13.8 Å². The normalized spacial score (nSPS) is 15.8. The molecule has 0 aliphatic rings. The summed E-state index contributed by atoms with van der Waals surface area (Å²) in [7, 11) is -3.73. The van der Waals surface area contributed by atoms with E-state index >= 15 is 0 Å². The van der Waals surface area contributed by atoms with Crippen LogP contribution in [0.4, 0.5) is 0 Å². The summed E-state index contributed by atoms with van der Waals surface area (Å²) in [5, 5.41) is 10.8. The van der Waals surface area contributed by atoms with Crippen molar-refractivity contribution >= 4 is 44.9 Å². The van der Waals surface area contributed by atoms with E-state index in [1.165, 1.54) is 0 Å². The average Bonchev–Trinajstić information content (AvgIpc) is 2.22. The molecule has 1 aromatic rings. The van der Waals surface area contributed by atoms with E-state index in [0.29, 0.717) is 5.56 Å². The van der Waals surface area contributed by atoms with Gasteiger partial charge < -0.3 is 5.11 Å². The van der Waals surface area contributed by atoms with Crippen molar-refractivity contribution in [2.75, 3.05) is 12.9 Å². The Labute approximate surface area is 140 Å². The highest BCUT2D eigenvalue weighted by Gasteiger charge is 2.39. The molecular formula is C13H17Cl3O4S. The lowest BCUT2D eigenvalue weighted by molar-refractivity contribution is -0.0139. The van der Waals surface area contributed by atoms with E-state index in [9.17, 15) is 13.5 Å². The molecule has 0 heterocycles. The third kappa shape index (κ3) is 6.72. The molecule has 0 aromatic heterocycles. The van der Waals surface area contributed by atoms with Crippen LogP contribution in [-0.2, 0) is 19.9 Å². The number of benzene rings is 1. The van der Waals surface area contributed by atoms with Crippen LogP contribution in [-0.4, -0.2) is 30.2 Å². The lowest BCUT2D eigenvalue weighted by atomic mass is 9.89. The van der Waals surface area contributed by atoms with Gasteiger partial charge in [-0.2, -0.15) is 8.42 Å². The summed E-state index contributed by atoms with van der Waals surface area (Å²) < 4.78 is 25.3. The van der Waals surface area contributed by atoms with Crippen molar-refractivity contribution in [1.82, 2.24) is 0 Å². The third-order valence-electron chi connectivity index (χ3n) is 2.76. The Hall–Kier alpha value is -0.0400. The van der Waals surface area contributed by atoms with E-state index in [0.717, 1.165) is 17.4 Å². The predicted octanol–water partition coefficient (Wildman–Crippen LogP) is 3.23. The van der Waals surface area contributed by atoms with Gasteiger partial charge in [-0.25, -0.2) is 0 Å². The SMILES string of the molecule is Cc1cc(C)cc(C(O)(COS(C)(=O)=O)CC(Cl)(Cl)Cl)c1. The Balaban J connectivity index is 3.23. The lowest BCUT2D eigenvalue weighted by Gasteiger charge is -2.31. The van der Waals surface area contributed by atoms with Crippen LogP contribution in [0.15, 0.2) is 18.2 Å². The van der Waals surface area contributed by atoms with Crippen LogP contribution in [0.25, 0.3) is 0 Å². The monoisotopic (exact) mass is 374 g/mol. The second-order valence-corrected chi connectivity index (χ2v) is 9.33. The van der Waals surface area contributed by atoms with Crippen LogP contribution >= 0.6 is 34.8 Å². The molecule has 8 heteroatoms. The van der Waals surface area contributed by atoms with Gasteiger partial charge in [0.2, 0.25) is 0 Å². The third-order valence-corrected chi connectivity index (χ3v) is 3.71. The molecular weight excluding hydrogens is 359 g/mol. The van der Waals surface area contributed by atoms with Crippen LogP contribution in [0.2, 0.25) is 0 Å². The van der Waals surface area contributed by atoms with Gasteiger partial charge in [0.05, 0.1) is 12.9 Å². The van der Waals surface area contributed by atoms with Gasteiger partial charge in [-0.1, -0.05) is 64.1 Å². The molecule has 120 valence electrons. The molecule has 1 rings (SSSR count). The number of rotatable bonds is 5. The number of aryl methyl sites for hydroxylation is 2. The summed E-state index contributed by atoms with van der Waals surface area (Å²) in [5.41, 5.74) is 0.500. The molecule has 0 saturated heterocycles. The van der Waals surface area contributed by atoms with E-state index in [-0.39, 0.29) is 6.42 Å². The minimum absolute atomic E-state index is 0.302. The minimum Gasteiger partial charge on any atom is -0.383 e. The van der Waals surface area contributed by atoms with Gasteiger partial charge in [-0.3, -0.25) is 4.18 Å². The molecule has 21 heavy (non-hydrogen) atoms. The molecule has 0 aliphatic heterocycles. The van der Waals surface area contributed by atoms with E-state index in [1.54, 1.807) is 12.1 Å². The Bertz CT molecular complexity index is 590. The number of hydrogen-bond acceptors (Lipinski definition) is 4. The highest BCUT2D eigenvalue weighted by molar-refractivity contribution is 7.85. The molecule has 4 nitrogen and oxygen atoms in total. The van der Waals surface area contributed by atoms with Crippen molar-refractivity contribution in [2.24, 2.45) is 0 Å². The van der Waals surface area contributed by atoms with Crippen molar-refractivity contribution in [3.05, 3.63) is 34.9 Å². The van der Waals surface area contributed by atoms with Gasteiger partial charge in [0.25, 0.3) is 10.1 Å². The van der Waals surface area contributed by atoms with Gasteiger partial charge in [0.1, 0.15) is 5.60 Å². The molecule has 0 radical (unpaired) electrons. The lowest BCUT2D eigenvalue weighted by Crippen LogP contribution is -2.37. The first-order valence-corrected chi connectivity index (χ1v) is 8.98. The van der Waals surface area contributed by atoms with E-state index in [2.05, 4.69) is 0 Å². The molecule has 1 unspecified atom stereocenters. The minimum atomic E-state index is -3.73. The highest BCUT2D eigenvalue weighted by atomic mass is 35.6. The zero-order valence-electron chi connectivity index (χ0n) is 11.9. The fourth-order valence-electron chi connectivity index (χ4n) is 2.02. The van der Waals surface area contributed by atoms with Gasteiger partial charge in [0.15, 0.2) is 3.79 Å². The van der Waals surface area contributed by atoms with Crippen LogP contribution in [0.1, 0.15) is 23.1 Å². The summed E-state index contributed by atoms with van der Waals surface area (Å²) in [4.78, 5) is 0. The van der Waals surface area contributed by atoms with E-state index in [4.69, 9.17) is 39.0 Å². The summed E-state index contributed by atoms with van der Waals surface area (Å²) in [5.74, 6) is 0. The van der Waals surface area contributed by atoms with Gasteiger partial charge in [0, 0.05) is 6.42 Å². The molecule has 0 aliphatic carbocycles. The van der Waals surface area contributed by atoms with E-state index < -0.39 is 26.1 Å². The summed E-state index contributed by atoms with van der Waals surface area (Å²) in [6, 6.07) is 5.32. The maximum Gasteiger partial charge on any atom is 0.264 e. The standard InChI is InChI=1S/C13H17Cl3O4S/c1-9-4-10(2)6-11(5-9)12(17,7-13(14,15)16)8-20-21(3,18)19/h4-6,17H,7-8H2,1-3H3. The molecule has 1 N–H and O–H groups in total. The molecule has 0 fully saturated rings. The number of alkyl halides is 3. The first kappa shape index (κ1) is 19.0. The van der Waals surface area contributed by atoms with Gasteiger partial charge in [-0.05, 0) is 19.4 Å². The molecule has 0 bridgehead atoms. The van der Waals surface area contributed by atoms with Gasteiger partial charge in [-0.15, -0.1) is 0 Å². The number of aliphatic hydroxyl groups is 1. The van der Waals surface area contributed by atoms with Crippen molar-refractivity contribution < 1.29 is 17.7 Å². The zero-order valence-corrected chi connectivity index (χ0v) is 14.9. The van der Waals surface area contributed by atoms with Crippen molar-refractivity contribution in [2.45, 2.75) is 29.7 Å². The molecule has 1 atom stereocenters. The Morgan fingerprint density at radius 2 is 1.62 bits per heavy atom. The fraction of sp³-hybridized carbons (Fsp3) is 0.538. The quantitative estimate of drug-likeness (QED) is 0.634. The Morgan fingerprint density at radius 1 is 1.14 bits per heavy atom. The van der Waals surface area contributed by atoms with Crippen LogP contribution in [0.5, 0.6) is 0 Å². The Kier molecular flexibility index (Phi) is 5.98. The smallest absolute Gasteiger partial charge is 0.264 e. The van der Waals surface area contributed by atoms with Crippen LogP contribution < -0.4 is 0 Å². The zero-order chi connectivity index (χ0) is 16.5. The number of halogens is 3. The van der Waals surface area contributed by atoms with Gasteiger partial charge >= 0.3 is 0 Å². The van der Waals surface area contributed by atoms with Crippen molar-refractivity contribution in [3.63, 3.8) is 0 Å². The Morgan fingerprint density at radius 3 is 2.00 bits per heavy atom. The molecule has 0 amide bonds. The first-order chi connectivity index (χ1) is 9.31. The highest BCUT2D eigenvalue weighted by Crippen LogP contribution is 2.40. The fourth-order valence-corrected chi connectivity index (χ4v) is 3.09. The van der Waals surface area contributed by atoms with E-state index in [1.807, 2.05) is 19.9 Å². The summed E-state index contributed by atoms with van der Waals surface area (Å²) >= 11 is 17.3. The maximum atomic E-state index is 11.2. The predicted molar refractivity (Wildman–Crippen MR) is 85.5 cm³/mol. The number of hydrogen-bond donors (Lipinski definition) is 1. The second-order valence-electron chi connectivity index (χ2n) is 5.17. The first-order valence-electron chi connectivity index (χ1n) is 6.03. The van der Waals surface area contributed by atoms with Crippen LogP contribution in [0.3, 0.4) is 0 Å². The average molecular weight is 376 g/mol. The molecule has 0 spiro atoms. The second kappa shape index (κ2) is 6.60. The maximum absolute atomic E-state index is 11.2. The largest absolute Gasteiger partial charge is 0.383 e. The van der Waals surface area contributed by atoms with Crippen molar-refractivity contribution in [1.29, 1.82) is 0 Å². The summed E-state index contributed by atoms with van der Waals surface area (Å²) in [6.07, 6.45) is 0.591. The summed E-state index contributed by atoms with van der Waals surface area (Å²) in [6.45, 7) is 3.18.